The molecular weight excluding hydrogens is 269 g/mol. The van der Waals surface area contributed by atoms with Crippen LogP contribution in [0.5, 0.6) is 0 Å². The molecule has 0 heterocycles. The summed E-state index contributed by atoms with van der Waals surface area (Å²) in [5.74, 6) is 0. The summed E-state index contributed by atoms with van der Waals surface area (Å²) in [4.78, 5) is 0. The molecule has 0 unspecified atom stereocenters. The van der Waals surface area contributed by atoms with E-state index in [4.69, 9.17) is 4.43 Å². The number of halogens is 3. The van der Waals surface area contributed by atoms with E-state index in [1.807, 2.05) is 0 Å². The summed E-state index contributed by atoms with van der Waals surface area (Å²) in [5, 5.41) is 0.0597. The highest BCUT2D eigenvalue weighted by Crippen LogP contribution is 2.37. The van der Waals surface area contributed by atoms with Crippen molar-refractivity contribution in [2.75, 3.05) is 6.61 Å². The average Bonchev–Trinajstić information content (AvgIpc) is 2.20. The van der Waals surface area contributed by atoms with E-state index in [-0.39, 0.29) is 17.0 Å². The molecule has 0 aromatic carbocycles. The van der Waals surface area contributed by atoms with Crippen molar-refractivity contribution < 1.29 is 17.6 Å². The van der Waals surface area contributed by atoms with Crippen LogP contribution in [0, 0.1) is 0 Å². The van der Waals surface area contributed by atoms with Gasteiger partial charge in [-0.15, -0.1) is 0 Å². The SMILES string of the molecule is C=CC(CCO[Si](C)(C)C(C)(C)C)=C(C)C(F)(F)F. The summed E-state index contributed by atoms with van der Waals surface area (Å²) in [6.45, 7) is 15.3. The Morgan fingerprint density at radius 3 is 2.00 bits per heavy atom. The first kappa shape index (κ1) is 18.4. The second kappa shape index (κ2) is 6.26. The van der Waals surface area contributed by atoms with Gasteiger partial charge in [0.05, 0.1) is 0 Å². The molecule has 0 aliphatic rings. The van der Waals surface area contributed by atoms with Gasteiger partial charge in [0.15, 0.2) is 8.32 Å². The second-order valence-electron chi connectivity index (χ2n) is 6.21. The maximum absolute atomic E-state index is 12.6. The third-order valence-electron chi connectivity index (χ3n) is 3.79. The van der Waals surface area contributed by atoms with Gasteiger partial charge in [0, 0.05) is 12.2 Å². The number of allylic oxidation sites excluding steroid dienone is 2. The van der Waals surface area contributed by atoms with Crippen molar-refractivity contribution in [2.24, 2.45) is 0 Å². The summed E-state index contributed by atoms with van der Waals surface area (Å²) in [6, 6.07) is 0. The van der Waals surface area contributed by atoms with Crippen LogP contribution in [-0.2, 0) is 4.43 Å². The van der Waals surface area contributed by atoms with Crippen molar-refractivity contribution in [3.8, 4) is 0 Å². The Bertz CT molecular complexity index is 349. The molecule has 0 aliphatic heterocycles. The maximum Gasteiger partial charge on any atom is 0.412 e. The third-order valence-corrected chi connectivity index (χ3v) is 8.33. The molecule has 0 aliphatic carbocycles. The minimum absolute atomic E-state index is 0.0597. The van der Waals surface area contributed by atoms with Crippen molar-refractivity contribution in [3.63, 3.8) is 0 Å². The van der Waals surface area contributed by atoms with E-state index in [9.17, 15) is 13.2 Å². The molecule has 0 saturated heterocycles. The van der Waals surface area contributed by atoms with Gasteiger partial charge in [-0.25, -0.2) is 0 Å². The zero-order valence-electron chi connectivity index (χ0n) is 12.7. The van der Waals surface area contributed by atoms with Crippen LogP contribution in [0.1, 0.15) is 34.1 Å². The molecule has 0 aromatic heterocycles. The van der Waals surface area contributed by atoms with E-state index in [2.05, 4.69) is 40.4 Å². The minimum atomic E-state index is -4.29. The molecule has 0 bridgehead atoms. The molecule has 0 radical (unpaired) electrons. The summed E-state index contributed by atoms with van der Waals surface area (Å²) in [7, 11) is -1.90. The Labute approximate surface area is 115 Å². The zero-order valence-corrected chi connectivity index (χ0v) is 13.7. The highest BCUT2D eigenvalue weighted by atomic mass is 28.4. The lowest BCUT2D eigenvalue weighted by Crippen LogP contribution is -2.41. The molecule has 0 amide bonds. The molecule has 19 heavy (non-hydrogen) atoms. The molecule has 0 saturated carbocycles. The molecule has 0 N–H and O–H groups in total. The van der Waals surface area contributed by atoms with Crippen LogP contribution >= 0.6 is 0 Å². The molecule has 112 valence electrons. The van der Waals surface area contributed by atoms with Gasteiger partial charge in [-0.1, -0.05) is 33.4 Å². The molecule has 0 atom stereocenters. The summed E-state index contributed by atoms with van der Waals surface area (Å²) in [5.41, 5.74) is -0.368. The van der Waals surface area contributed by atoms with E-state index < -0.39 is 20.1 Å². The van der Waals surface area contributed by atoms with Gasteiger partial charge in [-0.3, -0.25) is 0 Å². The molecule has 0 fully saturated rings. The smallest absolute Gasteiger partial charge is 0.412 e. The number of hydrogen-bond acceptors (Lipinski definition) is 1. The fourth-order valence-corrected chi connectivity index (χ4v) is 2.30. The Balaban J connectivity index is 4.70. The van der Waals surface area contributed by atoms with E-state index >= 15 is 0 Å². The van der Waals surface area contributed by atoms with Gasteiger partial charge in [-0.05, 0) is 37.0 Å². The predicted octanol–water partition coefficient (Wildman–Crippen LogP) is 5.46. The number of hydrogen-bond donors (Lipinski definition) is 0. The minimum Gasteiger partial charge on any atom is -0.416 e. The van der Waals surface area contributed by atoms with Crippen LogP contribution in [0.3, 0.4) is 0 Å². The lowest BCUT2D eigenvalue weighted by Gasteiger charge is -2.36. The van der Waals surface area contributed by atoms with E-state index in [1.165, 1.54) is 6.08 Å². The predicted molar refractivity (Wildman–Crippen MR) is 76.7 cm³/mol. The van der Waals surface area contributed by atoms with Crippen LogP contribution in [0.25, 0.3) is 0 Å². The van der Waals surface area contributed by atoms with E-state index in [0.717, 1.165) is 6.92 Å². The fraction of sp³-hybridized carbons (Fsp3) is 0.714. The van der Waals surface area contributed by atoms with Gasteiger partial charge in [-0.2, -0.15) is 13.2 Å². The van der Waals surface area contributed by atoms with Crippen molar-refractivity contribution in [1.82, 2.24) is 0 Å². The number of rotatable bonds is 5. The van der Waals surface area contributed by atoms with Crippen LogP contribution in [-0.4, -0.2) is 21.1 Å². The van der Waals surface area contributed by atoms with Crippen LogP contribution in [0.15, 0.2) is 23.8 Å². The van der Waals surface area contributed by atoms with Crippen molar-refractivity contribution in [3.05, 3.63) is 23.8 Å². The van der Waals surface area contributed by atoms with Crippen molar-refractivity contribution in [1.29, 1.82) is 0 Å². The van der Waals surface area contributed by atoms with Gasteiger partial charge in [0.2, 0.25) is 0 Å². The van der Waals surface area contributed by atoms with Gasteiger partial charge in [0.25, 0.3) is 0 Å². The highest BCUT2D eigenvalue weighted by molar-refractivity contribution is 6.74. The van der Waals surface area contributed by atoms with Crippen LogP contribution < -0.4 is 0 Å². The largest absolute Gasteiger partial charge is 0.416 e. The second-order valence-corrected chi connectivity index (χ2v) is 11.0. The van der Waals surface area contributed by atoms with Crippen molar-refractivity contribution >= 4 is 8.32 Å². The van der Waals surface area contributed by atoms with Gasteiger partial charge >= 0.3 is 6.18 Å². The maximum atomic E-state index is 12.6. The highest BCUT2D eigenvalue weighted by Gasteiger charge is 2.37. The van der Waals surface area contributed by atoms with Crippen LogP contribution in [0.2, 0.25) is 18.1 Å². The quantitative estimate of drug-likeness (QED) is 0.483. The fourth-order valence-electron chi connectivity index (χ4n) is 1.26. The molecule has 0 rings (SSSR count). The summed E-state index contributed by atoms with van der Waals surface area (Å²) >= 11 is 0. The summed E-state index contributed by atoms with van der Waals surface area (Å²) < 4.78 is 43.7. The normalized spacial score (nSPS) is 15.2. The first-order valence-corrected chi connectivity index (χ1v) is 9.27. The Morgan fingerprint density at radius 1 is 1.21 bits per heavy atom. The van der Waals surface area contributed by atoms with E-state index in [1.54, 1.807) is 0 Å². The zero-order chi connectivity index (χ0) is 15.5. The van der Waals surface area contributed by atoms with Gasteiger partial charge < -0.3 is 4.43 Å². The lowest BCUT2D eigenvalue weighted by molar-refractivity contribution is -0.0921. The third kappa shape index (κ3) is 5.53. The average molecular weight is 294 g/mol. The topological polar surface area (TPSA) is 9.23 Å². The van der Waals surface area contributed by atoms with Crippen molar-refractivity contribution in [2.45, 2.75) is 58.4 Å². The molecule has 0 aromatic rings. The Kier molecular flexibility index (Phi) is 6.08. The first-order valence-electron chi connectivity index (χ1n) is 6.36. The molecule has 0 spiro atoms. The van der Waals surface area contributed by atoms with Gasteiger partial charge in [0.1, 0.15) is 0 Å². The molecule has 5 heteroatoms. The molecule has 1 nitrogen and oxygen atoms in total. The number of alkyl halides is 3. The monoisotopic (exact) mass is 294 g/mol. The molecular formula is C14H25F3OSi. The Hall–Kier alpha value is -0.553. The summed E-state index contributed by atoms with van der Waals surface area (Å²) in [6.07, 6.45) is -2.76. The first-order chi connectivity index (χ1) is 8.33. The lowest BCUT2D eigenvalue weighted by atomic mass is 10.1. The standard InChI is InChI=1S/C14H25F3OSi/c1-8-12(11(2)14(15,16)17)9-10-18-19(6,7)13(3,4)5/h8H,1,9-10H2,2-7H3. The van der Waals surface area contributed by atoms with Crippen LogP contribution in [0.4, 0.5) is 13.2 Å². The van der Waals surface area contributed by atoms with E-state index in [0.29, 0.717) is 6.61 Å². The Morgan fingerprint density at radius 2 is 1.68 bits per heavy atom.